The first-order valence-corrected chi connectivity index (χ1v) is 5.16. The molecular weight excluding hydrogens is 184 g/mol. The van der Waals surface area contributed by atoms with Crippen molar-refractivity contribution in [1.82, 2.24) is 5.32 Å². The van der Waals surface area contributed by atoms with Crippen LogP contribution in [0.25, 0.3) is 0 Å². The van der Waals surface area contributed by atoms with Gasteiger partial charge in [0, 0.05) is 10.9 Å². The average Bonchev–Trinajstić information content (AvgIpc) is 2.71. The van der Waals surface area contributed by atoms with Gasteiger partial charge in [-0.3, -0.25) is 9.79 Å². The number of rotatable bonds is 2. The van der Waals surface area contributed by atoms with Crippen molar-refractivity contribution in [1.29, 1.82) is 0 Å². The van der Waals surface area contributed by atoms with E-state index in [1.165, 1.54) is 0 Å². The van der Waals surface area contributed by atoms with Crippen molar-refractivity contribution in [2.45, 2.75) is 19.4 Å². The second-order valence-corrected chi connectivity index (χ2v) is 3.68. The van der Waals surface area contributed by atoms with E-state index in [9.17, 15) is 4.79 Å². The molecule has 1 unspecified atom stereocenters. The van der Waals surface area contributed by atoms with E-state index in [0.717, 1.165) is 17.8 Å². The molecule has 0 saturated carbocycles. The molecule has 2 rings (SSSR count). The van der Waals surface area contributed by atoms with Crippen LogP contribution < -0.4 is 5.32 Å². The lowest BCUT2D eigenvalue weighted by Crippen LogP contribution is -2.28. The second-order valence-electron chi connectivity index (χ2n) is 2.90. The van der Waals surface area contributed by atoms with E-state index < -0.39 is 0 Å². The highest BCUT2D eigenvalue weighted by molar-refractivity contribution is 7.08. The molecule has 1 aromatic heterocycles. The zero-order valence-corrected chi connectivity index (χ0v) is 8.10. The summed E-state index contributed by atoms with van der Waals surface area (Å²) in [4.78, 5) is 15.6. The number of aliphatic imine (C=N–C) groups is 1. The Balaban J connectivity index is 2.24. The number of carbonyl (C=O) groups is 1. The number of nitrogens with one attached hydrogen (secondary N) is 1. The smallest absolute Gasteiger partial charge is 0.250 e. The second kappa shape index (κ2) is 3.30. The minimum absolute atomic E-state index is 0.0173. The Morgan fingerprint density at radius 1 is 1.69 bits per heavy atom. The molecule has 1 aliphatic rings. The minimum atomic E-state index is -0.185. The maximum Gasteiger partial charge on any atom is 0.250 e. The SMILES string of the molecule is CCC1N=C(c2ccsc2)NC1=O. The monoisotopic (exact) mass is 194 g/mol. The molecule has 1 N–H and O–H groups in total. The maximum atomic E-state index is 11.3. The zero-order chi connectivity index (χ0) is 9.26. The fourth-order valence-corrected chi connectivity index (χ4v) is 1.91. The van der Waals surface area contributed by atoms with Crippen molar-refractivity contribution in [3.05, 3.63) is 22.4 Å². The molecule has 2 heterocycles. The fourth-order valence-electron chi connectivity index (χ4n) is 1.27. The largest absolute Gasteiger partial charge is 0.309 e. The Morgan fingerprint density at radius 3 is 3.08 bits per heavy atom. The van der Waals surface area contributed by atoms with E-state index in [4.69, 9.17) is 0 Å². The number of amidine groups is 1. The van der Waals surface area contributed by atoms with Gasteiger partial charge in [0.05, 0.1) is 0 Å². The van der Waals surface area contributed by atoms with E-state index in [1.54, 1.807) is 11.3 Å². The Labute approximate surface area is 80.5 Å². The molecule has 0 aliphatic carbocycles. The number of hydrogen-bond donors (Lipinski definition) is 1. The highest BCUT2D eigenvalue weighted by atomic mass is 32.1. The summed E-state index contributed by atoms with van der Waals surface area (Å²) in [7, 11) is 0. The highest BCUT2D eigenvalue weighted by Gasteiger charge is 2.24. The van der Waals surface area contributed by atoms with Crippen LogP contribution in [0.15, 0.2) is 21.8 Å². The fraction of sp³-hybridized carbons (Fsp3) is 0.333. The number of nitrogens with zero attached hydrogens (tertiary/aromatic N) is 1. The molecule has 3 nitrogen and oxygen atoms in total. The van der Waals surface area contributed by atoms with Crippen LogP contribution in [0.3, 0.4) is 0 Å². The molecule has 0 aromatic carbocycles. The Bertz CT molecular complexity index is 343. The van der Waals surface area contributed by atoms with Crippen molar-refractivity contribution in [2.24, 2.45) is 4.99 Å². The van der Waals surface area contributed by atoms with Crippen molar-refractivity contribution >= 4 is 23.1 Å². The van der Waals surface area contributed by atoms with Gasteiger partial charge in [0.2, 0.25) is 5.91 Å². The van der Waals surface area contributed by atoms with Crippen LogP contribution in [0.1, 0.15) is 18.9 Å². The van der Waals surface area contributed by atoms with Crippen LogP contribution in [0, 0.1) is 0 Å². The number of hydrogen-bond acceptors (Lipinski definition) is 3. The van der Waals surface area contributed by atoms with E-state index in [-0.39, 0.29) is 11.9 Å². The Hall–Kier alpha value is -1.16. The van der Waals surface area contributed by atoms with Gasteiger partial charge < -0.3 is 5.32 Å². The zero-order valence-electron chi connectivity index (χ0n) is 7.28. The van der Waals surface area contributed by atoms with Crippen LogP contribution >= 0.6 is 11.3 Å². The van der Waals surface area contributed by atoms with Gasteiger partial charge in [-0.15, -0.1) is 0 Å². The molecule has 0 spiro atoms. The topological polar surface area (TPSA) is 41.5 Å². The number of thiophene rings is 1. The summed E-state index contributed by atoms with van der Waals surface area (Å²) in [6.07, 6.45) is 0.763. The molecule has 0 bridgehead atoms. The molecule has 1 atom stereocenters. The lowest BCUT2D eigenvalue weighted by atomic mass is 10.2. The molecule has 4 heteroatoms. The van der Waals surface area contributed by atoms with E-state index >= 15 is 0 Å². The van der Waals surface area contributed by atoms with Crippen molar-refractivity contribution in [2.75, 3.05) is 0 Å². The third-order valence-corrected chi connectivity index (χ3v) is 2.69. The predicted molar refractivity (Wildman–Crippen MR) is 53.1 cm³/mol. The molecule has 0 saturated heterocycles. The Morgan fingerprint density at radius 2 is 2.54 bits per heavy atom. The summed E-state index contributed by atoms with van der Waals surface area (Å²) in [5.74, 6) is 0.738. The summed E-state index contributed by atoms with van der Waals surface area (Å²) < 4.78 is 0. The summed E-state index contributed by atoms with van der Waals surface area (Å²) in [5, 5.41) is 6.73. The van der Waals surface area contributed by atoms with Crippen molar-refractivity contribution in [3.63, 3.8) is 0 Å². The Kier molecular flexibility index (Phi) is 2.14. The van der Waals surface area contributed by atoms with Crippen LogP contribution in [0.2, 0.25) is 0 Å². The normalized spacial score (nSPS) is 21.5. The first-order valence-electron chi connectivity index (χ1n) is 4.22. The molecule has 13 heavy (non-hydrogen) atoms. The van der Waals surface area contributed by atoms with Crippen LogP contribution in [-0.2, 0) is 4.79 Å². The van der Waals surface area contributed by atoms with Gasteiger partial charge in [0.1, 0.15) is 11.9 Å². The number of carbonyl (C=O) groups excluding carboxylic acids is 1. The first-order chi connectivity index (χ1) is 6.31. The molecular formula is C9H10N2OS. The van der Waals surface area contributed by atoms with E-state index in [0.29, 0.717) is 0 Å². The van der Waals surface area contributed by atoms with Crippen LogP contribution in [-0.4, -0.2) is 17.8 Å². The third-order valence-electron chi connectivity index (χ3n) is 2.01. The van der Waals surface area contributed by atoms with Gasteiger partial charge in [-0.2, -0.15) is 11.3 Å². The highest BCUT2D eigenvalue weighted by Crippen LogP contribution is 2.12. The maximum absolute atomic E-state index is 11.3. The van der Waals surface area contributed by atoms with Crippen LogP contribution in [0.5, 0.6) is 0 Å². The number of amides is 1. The van der Waals surface area contributed by atoms with Crippen molar-refractivity contribution in [3.8, 4) is 0 Å². The van der Waals surface area contributed by atoms with E-state index in [1.807, 2.05) is 23.8 Å². The van der Waals surface area contributed by atoms with Gasteiger partial charge in [-0.05, 0) is 17.9 Å². The lowest BCUT2D eigenvalue weighted by molar-refractivity contribution is -0.120. The average molecular weight is 194 g/mol. The lowest BCUT2D eigenvalue weighted by Gasteiger charge is -1.96. The molecule has 1 aromatic rings. The summed E-state index contributed by atoms with van der Waals surface area (Å²) in [6.45, 7) is 1.96. The first kappa shape index (κ1) is 8.44. The third kappa shape index (κ3) is 1.49. The van der Waals surface area contributed by atoms with Crippen LogP contribution in [0.4, 0.5) is 0 Å². The predicted octanol–water partition coefficient (Wildman–Crippen LogP) is 1.40. The molecule has 1 aliphatic heterocycles. The van der Waals surface area contributed by atoms with Gasteiger partial charge in [-0.25, -0.2) is 0 Å². The van der Waals surface area contributed by atoms with E-state index in [2.05, 4.69) is 10.3 Å². The van der Waals surface area contributed by atoms with Gasteiger partial charge in [0.25, 0.3) is 0 Å². The minimum Gasteiger partial charge on any atom is -0.309 e. The molecule has 68 valence electrons. The summed E-state index contributed by atoms with van der Waals surface area (Å²) in [6, 6.07) is 1.77. The molecule has 1 amide bonds. The molecule has 0 fully saturated rings. The summed E-state index contributed by atoms with van der Waals surface area (Å²) >= 11 is 1.60. The van der Waals surface area contributed by atoms with Gasteiger partial charge >= 0.3 is 0 Å². The van der Waals surface area contributed by atoms with Gasteiger partial charge in [0.15, 0.2) is 0 Å². The summed E-state index contributed by atoms with van der Waals surface area (Å²) in [5.41, 5.74) is 1.01. The van der Waals surface area contributed by atoms with Gasteiger partial charge in [-0.1, -0.05) is 6.92 Å². The molecule has 0 radical (unpaired) electrons. The standard InChI is InChI=1S/C9H10N2OS/c1-2-7-9(12)11-8(10-7)6-3-4-13-5-6/h3-5,7H,2H2,1H3,(H,10,11,12). The quantitative estimate of drug-likeness (QED) is 0.759. The van der Waals surface area contributed by atoms with Crippen molar-refractivity contribution < 1.29 is 4.79 Å².